The van der Waals surface area contributed by atoms with Gasteiger partial charge in [0.05, 0.1) is 44.5 Å². The van der Waals surface area contributed by atoms with Crippen molar-refractivity contribution in [2.75, 3.05) is 9.80 Å². The van der Waals surface area contributed by atoms with Crippen LogP contribution in [0.2, 0.25) is 0 Å². The highest BCUT2D eigenvalue weighted by Crippen LogP contribution is 2.56. The van der Waals surface area contributed by atoms with Gasteiger partial charge in [-0.1, -0.05) is 328 Å². The Morgan fingerprint density at radius 3 is 1.13 bits per heavy atom. The molecule has 0 bridgehead atoms. The van der Waals surface area contributed by atoms with E-state index in [0.717, 1.165) is 162 Å². The Labute approximate surface area is 756 Å². The van der Waals surface area contributed by atoms with E-state index in [1.165, 1.54) is 76.5 Å². The average Bonchev–Trinajstić information content (AvgIpc) is 1.21. The molecule has 0 unspecified atom stereocenters. The third kappa shape index (κ3) is 12.8. The lowest BCUT2D eigenvalue weighted by atomic mass is 9.33. The van der Waals surface area contributed by atoms with Crippen LogP contribution in [0.1, 0.15) is 132 Å². The van der Waals surface area contributed by atoms with Crippen molar-refractivity contribution in [2.24, 2.45) is 0 Å². The summed E-state index contributed by atoms with van der Waals surface area (Å²) in [4.78, 5) is 5.46. The van der Waals surface area contributed by atoms with Gasteiger partial charge in [-0.05, 0) is 249 Å². The molecule has 6 heterocycles. The van der Waals surface area contributed by atoms with Gasteiger partial charge in [-0.2, -0.15) is 0 Å². The summed E-state index contributed by atoms with van der Waals surface area (Å²) in [5.74, 6) is 0. The van der Waals surface area contributed by atoms with Crippen LogP contribution in [0.15, 0.2) is 362 Å². The molecule has 6 nitrogen and oxygen atoms in total. The van der Waals surface area contributed by atoms with Gasteiger partial charge in [0, 0.05) is 94.0 Å². The van der Waals surface area contributed by atoms with Gasteiger partial charge < -0.3 is 27.9 Å². The fourth-order valence-electron chi connectivity index (χ4n) is 21.4. The van der Waals surface area contributed by atoms with Gasteiger partial charge in [0.1, 0.15) is 11.2 Å². The molecular formula is C122H104BN5O. The molecule has 0 radical (unpaired) electrons. The van der Waals surface area contributed by atoms with Crippen LogP contribution in [0.4, 0.5) is 34.1 Å². The van der Waals surface area contributed by atoms with Crippen molar-refractivity contribution in [1.29, 1.82) is 0 Å². The van der Waals surface area contributed by atoms with Gasteiger partial charge in [0.15, 0.2) is 0 Å². The minimum Gasteiger partial charge on any atom is -0.456 e. The maximum absolute atomic E-state index is 7.03. The van der Waals surface area contributed by atoms with Crippen LogP contribution in [0.5, 0.6) is 0 Å². The van der Waals surface area contributed by atoms with Gasteiger partial charge in [-0.3, -0.25) is 0 Å². The highest BCUT2D eigenvalue weighted by molar-refractivity contribution is 7.00. The number of benzene rings is 17. The molecule has 626 valence electrons. The second-order valence-corrected chi connectivity index (χ2v) is 41.3. The van der Waals surface area contributed by atoms with Gasteiger partial charge in [-0.15, -0.1) is 0 Å². The van der Waals surface area contributed by atoms with Crippen LogP contribution in [-0.2, 0) is 27.1 Å². The molecule has 21 aromatic rings. The van der Waals surface area contributed by atoms with Crippen LogP contribution in [-0.4, -0.2) is 20.4 Å². The summed E-state index contributed by atoms with van der Waals surface area (Å²) in [5.41, 5.74) is 38.5. The molecule has 2 aliphatic rings. The van der Waals surface area contributed by atoms with Crippen LogP contribution in [0.3, 0.4) is 0 Å². The van der Waals surface area contributed by atoms with Crippen LogP contribution < -0.4 is 26.2 Å². The summed E-state index contributed by atoms with van der Waals surface area (Å²) in [6, 6.07) is 138. The third-order valence-corrected chi connectivity index (χ3v) is 27.9. The first-order valence-electron chi connectivity index (χ1n) is 45.9. The number of para-hydroxylation sites is 4. The lowest BCUT2D eigenvalue weighted by Gasteiger charge is -2.46. The van der Waals surface area contributed by atoms with E-state index in [-0.39, 0.29) is 28.4 Å². The molecule has 7 heteroatoms. The van der Waals surface area contributed by atoms with Crippen LogP contribution in [0.25, 0.3) is 160 Å². The van der Waals surface area contributed by atoms with Crippen molar-refractivity contribution in [3.05, 3.63) is 386 Å². The van der Waals surface area contributed by atoms with E-state index in [2.05, 4.69) is 485 Å². The predicted molar refractivity (Wildman–Crippen MR) is 551 cm³/mol. The Morgan fingerprint density at radius 1 is 0.233 bits per heavy atom. The maximum Gasteiger partial charge on any atom is 0.252 e. The zero-order valence-corrected chi connectivity index (χ0v) is 76.3. The molecule has 0 saturated carbocycles. The molecule has 0 spiro atoms. The lowest BCUT2D eigenvalue weighted by molar-refractivity contribution is 0.590. The minimum absolute atomic E-state index is 0.0966. The molecule has 129 heavy (non-hydrogen) atoms. The highest BCUT2D eigenvalue weighted by atomic mass is 16.3. The number of rotatable bonds is 10. The fourth-order valence-corrected chi connectivity index (χ4v) is 21.4. The Morgan fingerprint density at radius 2 is 0.636 bits per heavy atom. The SMILES string of the molecule is CC(C)(C)c1ccc2c(c1)c1cc(C(C)(C)C)ccc1n2-c1ccc2c(c1)N(c1cc(-c3ccccc3)cc(-c3ccccc3)c1)c1cc(-c3c(-c4cccc5oc6ccccc6c45)cccc3-n3c4ccc(C(C)(C)C)cc4c4cc(C(C)(C)C)ccc43)cc3c1B2c1ccc(-n2c4ccccc4c4ccccc42)cc1N3c1c(-c2ccccc2)cccc1C(C)(C)C. The quantitative estimate of drug-likeness (QED) is 0.128. The largest absolute Gasteiger partial charge is 0.456 e. The van der Waals surface area contributed by atoms with E-state index in [1.54, 1.807) is 0 Å². The summed E-state index contributed by atoms with van der Waals surface area (Å²) in [6.07, 6.45) is 0. The highest BCUT2D eigenvalue weighted by Gasteiger charge is 2.46. The monoisotopic (exact) mass is 1670 g/mol. The molecule has 0 atom stereocenters. The molecule has 0 amide bonds. The number of nitrogens with zero attached hydrogens (tertiary/aromatic N) is 5. The number of furan rings is 1. The zero-order chi connectivity index (χ0) is 88.2. The van der Waals surface area contributed by atoms with Crippen molar-refractivity contribution >= 4 is 145 Å². The van der Waals surface area contributed by atoms with E-state index in [0.29, 0.717) is 0 Å². The van der Waals surface area contributed by atoms with E-state index >= 15 is 0 Å². The van der Waals surface area contributed by atoms with Crippen molar-refractivity contribution in [3.63, 3.8) is 0 Å². The Balaban J connectivity index is 0.929. The van der Waals surface area contributed by atoms with Crippen molar-refractivity contribution in [1.82, 2.24) is 13.7 Å². The smallest absolute Gasteiger partial charge is 0.252 e. The third-order valence-electron chi connectivity index (χ3n) is 27.9. The zero-order valence-electron chi connectivity index (χ0n) is 76.3. The number of fused-ring (bicyclic) bond motifs is 16. The van der Waals surface area contributed by atoms with E-state index in [1.807, 2.05) is 0 Å². The molecule has 0 N–H and O–H groups in total. The molecule has 0 saturated heterocycles. The first kappa shape index (κ1) is 79.3. The Hall–Kier alpha value is -14.4. The molecular weight excluding hydrogens is 1560 g/mol. The predicted octanol–water partition coefficient (Wildman–Crippen LogP) is 31.8. The topological polar surface area (TPSA) is 34.4 Å². The molecule has 4 aromatic heterocycles. The number of aromatic nitrogens is 3. The summed E-state index contributed by atoms with van der Waals surface area (Å²) < 4.78 is 14.7. The summed E-state index contributed by atoms with van der Waals surface area (Å²) in [5, 5.41) is 9.49. The van der Waals surface area contributed by atoms with Gasteiger partial charge in [-0.25, -0.2) is 0 Å². The molecule has 0 fully saturated rings. The minimum atomic E-state index is -0.391. The van der Waals surface area contributed by atoms with Crippen molar-refractivity contribution < 1.29 is 4.42 Å². The summed E-state index contributed by atoms with van der Waals surface area (Å²) >= 11 is 0. The normalized spacial score (nSPS) is 13.2. The average molecular weight is 1670 g/mol. The second kappa shape index (κ2) is 29.1. The summed E-state index contributed by atoms with van der Waals surface area (Å²) in [6.45, 7) is 35.0. The van der Waals surface area contributed by atoms with Crippen molar-refractivity contribution in [3.8, 4) is 72.7 Å². The van der Waals surface area contributed by atoms with E-state index in [9.17, 15) is 0 Å². The molecule has 0 aliphatic carbocycles. The molecule has 23 rings (SSSR count). The van der Waals surface area contributed by atoms with Crippen LogP contribution in [0, 0.1) is 0 Å². The molecule has 2 aliphatic heterocycles. The molecule has 17 aromatic carbocycles. The Kier molecular flexibility index (Phi) is 17.9. The van der Waals surface area contributed by atoms with Crippen molar-refractivity contribution in [2.45, 2.75) is 131 Å². The second-order valence-electron chi connectivity index (χ2n) is 41.3. The maximum atomic E-state index is 7.03. The van der Waals surface area contributed by atoms with E-state index < -0.39 is 5.41 Å². The first-order valence-corrected chi connectivity index (χ1v) is 45.9. The first-order chi connectivity index (χ1) is 62.2. The van der Waals surface area contributed by atoms with Gasteiger partial charge in [0.2, 0.25) is 0 Å². The fraction of sp³-hybridized carbons (Fsp3) is 0.164. The number of hydrogen-bond acceptors (Lipinski definition) is 3. The summed E-state index contributed by atoms with van der Waals surface area (Å²) in [7, 11) is 0. The van der Waals surface area contributed by atoms with Gasteiger partial charge in [0.25, 0.3) is 6.71 Å². The lowest BCUT2D eigenvalue weighted by Crippen LogP contribution is -2.61. The van der Waals surface area contributed by atoms with Crippen LogP contribution >= 0.6 is 0 Å². The standard InChI is InChI=1S/C122H104BN5O/c1-118(2,3)81-52-60-103-94(69-81)95-70-82(119(4,5)6)53-61-104(95)125(103)85-56-58-99-108(73-85)126(87-65-78(75-34-19-16-20-35-75)64-79(66-87)76-36-21-17-22-37-76)110-67-80(114-91(92-45-33-51-113-115(92)93-42-27-30-50-112(93)129-113)44-32-49-107(114)127-105-62-54-83(120(7,8)9)71-96(105)97-72-84(121(10,11)12)55-63-106(97)127)68-111-116(110)123(99)100-59-57-86(124-101-47-28-25-40-89(101)90-41-26-29-48-102(90)124)74-109(100)128(111)117-88(77-38-23-18-24-39-77)43-31-46-98(117)122(13,14)15/h16-74H,1-15H3. The Bertz CT molecular complexity index is 7950. The van der Waals surface area contributed by atoms with E-state index in [4.69, 9.17) is 4.42 Å². The number of hydrogen-bond donors (Lipinski definition) is 0. The van der Waals surface area contributed by atoms with Gasteiger partial charge >= 0.3 is 0 Å². The number of anilines is 6.